The van der Waals surface area contributed by atoms with Crippen molar-refractivity contribution in [2.45, 2.75) is 12.6 Å². The first-order chi connectivity index (χ1) is 6.77. The molecular formula is C10H12FNO2. The predicted molar refractivity (Wildman–Crippen MR) is 49.5 cm³/mol. The number of phenolic OH excluding ortho intramolecular Hbond substituents is 1. The zero-order valence-corrected chi connectivity index (χ0v) is 7.66. The van der Waals surface area contributed by atoms with Crippen LogP contribution in [0.1, 0.15) is 5.56 Å². The third-order valence-electron chi connectivity index (χ3n) is 2.29. The largest absolute Gasteiger partial charge is 0.505 e. The minimum absolute atomic E-state index is 0.264. The quantitative estimate of drug-likeness (QED) is 0.760. The zero-order chi connectivity index (χ0) is 9.97. The maximum atomic E-state index is 12.9. The fourth-order valence-corrected chi connectivity index (χ4v) is 1.31. The standard InChI is InChI=1S/C10H12FNO2/c11-9-3-1-2-7(10(9)13)4-12-8-5-14-6-8/h1-3,8,12-13H,4-6H2. The lowest BCUT2D eigenvalue weighted by Gasteiger charge is -2.27. The molecule has 0 unspecified atom stereocenters. The van der Waals surface area contributed by atoms with Crippen molar-refractivity contribution in [2.24, 2.45) is 0 Å². The van der Waals surface area contributed by atoms with Crippen LogP contribution in [0.15, 0.2) is 18.2 Å². The molecule has 0 bridgehead atoms. The molecule has 1 aliphatic heterocycles. The maximum absolute atomic E-state index is 12.9. The minimum atomic E-state index is -0.575. The van der Waals surface area contributed by atoms with Gasteiger partial charge in [0, 0.05) is 12.1 Å². The summed E-state index contributed by atoms with van der Waals surface area (Å²) < 4.78 is 17.9. The number of hydrogen-bond acceptors (Lipinski definition) is 3. The van der Waals surface area contributed by atoms with Crippen LogP contribution in [0.5, 0.6) is 5.75 Å². The summed E-state index contributed by atoms with van der Waals surface area (Å²) in [6.07, 6.45) is 0. The van der Waals surface area contributed by atoms with Gasteiger partial charge in [0.25, 0.3) is 0 Å². The summed E-state index contributed by atoms with van der Waals surface area (Å²) in [4.78, 5) is 0. The van der Waals surface area contributed by atoms with E-state index in [0.717, 1.165) is 0 Å². The van der Waals surface area contributed by atoms with Crippen LogP contribution >= 0.6 is 0 Å². The Hall–Kier alpha value is -1.13. The second-order valence-corrected chi connectivity index (χ2v) is 3.36. The van der Waals surface area contributed by atoms with Gasteiger partial charge in [-0.05, 0) is 6.07 Å². The van der Waals surface area contributed by atoms with Gasteiger partial charge in [0.2, 0.25) is 0 Å². The summed E-state index contributed by atoms with van der Waals surface area (Å²) >= 11 is 0. The second kappa shape index (κ2) is 3.94. The number of hydrogen-bond donors (Lipinski definition) is 2. The van der Waals surface area contributed by atoms with Gasteiger partial charge in [-0.3, -0.25) is 0 Å². The summed E-state index contributed by atoms with van der Waals surface area (Å²) in [6, 6.07) is 4.86. The molecule has 1 aromatic carbocycles. The number of phenols is 1. The Morgan fingerprint density at radius 3 is 2.93 bits per heavy atom. The Balaban J connectivity index is 1.97. The van der Waals surface area contributed by atoms with Crippen LogP contribution in [0.2, 0.25) is 0 Å². The first kappa shape index (κ1) is 9.43. The molecule has 0 radical (unpaired) electrons. The topological polar surface area (TPSA) is 41.5 Å². The molecule has 1 fully saturated rings. The number of rotatable bonds is 3. The van der Waals surface area contributed by atoms with E-state index in [-0.39, 0.29) is 5.75 Å². The Morgan fingerprint density at radius 2 is 2.29 bits per heavy atom. The van der Waals surface area contributed by atoms with E-state index in [9.17, 15) is 9.50 Å². The van der Waals surface area contributed by atoms with Crippen LogP contribution in [-0.2, 0) is 11.3 Å². The molecule has 3 nitrogen and oxygen atoms in total. The van der Waals surface area contributed by atoms with E-state index < -0.39 is 5.82 Å². The molecular weight excluding hydrogens is 185 g/mol. The molecule has 0 amide bonds. The Bertz CT molecular complexity index is 326. The zero-order valence-electron chi connectivity index (χ0n) is 7.66. The third kappa shape index (κ3) is 1.86. The Labute approximate surface area is 81.5 Å². The van der Waals surface area contributed by atoms with E-state index in [4.69, 9.17) is 4.74 Å². The molecule has 1 aromatic rings. The lowest BCUT2D eigenvalue weighted by molar-refractivity contribution is -0.00586. The Morgan fingerprint density at radius 1 is 1.50 bits per heavy atom. The van der Waals surface area contributed by atoms with Crippen molar-refractivity contribution in [1.29, 1.82) is 0 Å². The summed E-state index contributed by atoms with van der Waals surface area (Å²) in [7, 11) is 0. The first-order valence-corrected chi connectivity index (χ1v) is 4.55. The molecule has 76 valence electrons. The molecule has 0 aliphatic carbocycles. The van der Waals surface area contributed by atoms with Crippen molar-refractivity contribution in [1.82, 2.24) is 5.32 Å². The summed E-state index contributed by atoms with van der Waals surface area (Å²) in [5.74, 6) is -0.839. The van der Waals surface area contributed by atoms with E-state index in [1.165, 1.54) is 6.07 Å². The lowest BCUT2D eigenvalue weighted by Crippen LogP contribution is -2.45. The second-order valence-electron chi connectivity index (χ2n) is 3.36. The number of para-hydroxylation sites is 1. The van der Waals surface area contributed by atoms with E-state index in [0.29, 0.717) is 31.4 Å². The molecule has 2 N–H and O–H groups in total. The molecule has 0 aromatic heterocycles. The van der Waals surface area contributed by atoms with Gasteiger partial charge in [-0.2, -0.15) is 0 Å². The fourth-order valence-electron chi connectivity index (χ4n) is 1.31. The Kier molecular flexibility index (Phi) is 2.65. The number of benzene rings is 1. The van der Waals surface area contributed by atoms with Crippen LogP contribution in [0.25, 0.3) is 0 Å². The van der Waals surface area contributed by atoms with Crippen molar-refractivity contribution < 1.29 is 14.2 Å². The number of ether oxygens (including phenoxy) is 1. The normalized spacial score (nSPS) is 16.6. The smallest absolute Gasteiger partial charge is 0.165 e. The van der Waals surface area contributed by atoms with E-state index in [1.54, 1.807) is 12.1 Å². The monoisotopic (exact) mass is 197 g/mol. The van der Waals surface area contributed by atoms with Gasteiger partial charge in [-0.1, -0.05) is 12.1 Å². The minimum Gasteiger partial charge on any atom is -0.505 e. The van der Waals surface area contributed by atoms with Gasteiger partial charge in [0.05, 0.1) is 19.3 Å². The molecule has 1 saturated heterocycles. The van der Waals surface area contributed by atoms with Crippen molar-refractivity contribution in [3.63, 3.8) is 0 Å². The highest BCUT2D eigenvalue weighted by Crippen LogP contribution is 2.20. The summed E-state index contributed by atoms with van der Waals surface area (Å²) in [5, 5.41) is 12.5. The molecule has 1 heterocycles. The predicted octanol–water partition coefficient (Wildman–Crippen LogP) is 1.02. The van der Waals surface area contributed by atoms with Gasteiger partial charge < -0.3 is 15.2 Å². The van der Waals surface area contributed by atoms with Gasteiger partial charge in [0.15, 0.2) is 11.6 Å². The van der Waals surface area contributed by atoms with Crippen LogP contribution in [-0.4, -0.2) is 24.4 Å². The lowest BCUT2D eigenvalue weighted by atomic mass is 10.1. The van der Waals surface area contributed by atoms with Crippen LogP contribution in [0.3, 0.4) is 0 Å². The summed E-state index contributed by atoms with van der Waals surface area (Å²) in [5.41, 5.74) is 0.580. The van der Waals surface area contributed by atoms with Gasteiger partial charge >= 0.3 is 0 Å². The fraction of sp³-hybridized carbons (Fsp3) is 0.400. The molecule has 0 saturated carbocycles. The van der Waals surface area contributed by atoms with Gasteiger partial charge in [-0.25, -0.2) is 4.39 Å². The van der Waals surface area contributed by atoms with E-state index in [1.807, 2.05) is 0 Å². The highest BCUT2D eigenvalue weighted by Gasteiger charge is 2.17. The average molecular weight is 197 g/mol. The molecule has 0 spiro atoms. The summed E-state index contributed by atoms with van der Waals surface area (Å²) in [6.45, 7) is 1.85. The molecule has 14 heavy (non-hydrogen) atoms. The average Bonchev–Trinajstić information content (AvgIpc) is 2.09. The number of aromatic hydroxyl groups is 1. The molecule has 0 atom stereocenters. The van der Waals surface area contributed by atoms with Crippen molar-refractivity contribution in [3.8, 4) is 5.75 Å². The molecule has 1 aliphatic rings. The first-order valence-electron chi connectivity index (χ1n) is 4.55. The highest BCUT2D eigenvalue weighted by molar-refractivity contribution is 5.33. The van der Waals surface area contributed by atoms with Gasteiger partial charge in [0.1, 0.15) is 0 Å². The van der Waals surface area contributed by atoms with E-state index >= 15 is 0 Å². The highest BCUT2D eigenvalue weighted by atomic mass is 19.1. The van der Waals surface area contributed by atoms with Crippen molar-refractivity contribution in [2.75, 3.05) is 13.2 Å². The van der Waals surface area contributed by atoms with Crippen molar-refractivity contribution >= 4 is 0 Å². The van der Waals surface area contributed by atoms with Crippen LogP contribution < -0.4 is 5.32 Å². The van der Waals surface area contributed by atoms with Crippen LogP contribution in [0.4, 0.5) is 4.39 Å². The molecule has 4 heteroatoms. The SMILES string of the molecule is Oc1c(F)cccc1CNC1COC1. The van der Waals surface area contributed by atoms with Crippen molar-refractivity contribution in [3.05, 3.63) is 29.6 Å². The third-order valence-corrected chi connectivity index (χ3v) is 2.29. The number of nitrogens with one attached hydrogen (secondary N) is 1. The maximum Gasteiger partial charge on any atom is 0.165 e. The van der Waals surface area contributed by atoms with Gasteiger partial charge in [-0.15, -0.1) is 0 Å². The van der Waals surface area contributed by atoms with Crippen LogP contribution in [0, 0.1) is 5.82 Å². The number of halogens is 1. The van der Waals surface area contributed by atoms with E-state index in [2.05, 4.69) is 5.32 Å². The molecule has 2 rings (SSSR count).